The minimum atomic E-state index is -0.834. The molecule has 2 atom stereocenters. The minimum absolute atomic E-state index is 0.408. The fourth-order valence-corrected chi connectivity index (χ4v) is 0.954. The highest BCUT2D eigenvalue weighted by Gasteiger charge is 2.27. The second kappa shape index (κ2) is 2.35. The van der Waals surface area contributed by atoms with Crippen LogP contribution in [-0.2, 0) is 9.53 Å². The first-order chi connectivity index (χ1) is 4.20. The van der Waals surface area contributed by atoms with Gasteiger partial charge in [-0.3, -0.25) is 0 Å². The SMILES string of the molecule is C[C@@H]1CO[C@@H](C(=O)O)C1. The normalized spacial score (nSPS) is 34.8. The summed E-state index contributed by atoms with van der Waals surface area (Å²) in [5.41, 5.74) is 0. The number of rotatable bonds is 1. The Kier molecular flexibility index (Phi) is 1.71. The molecule has 0 aromatic carbocycles. The zero-order valence-electron chi connectivity index (χ0n) is 5.33. The molecule has 9 heavy (non-hydrogen) atoms. The molecule has 1 aliphatic heterocycles. The molecule has 1 fully saturated rings. The minimum Gasteiger partial charge on any atom is -0.479 e. The Bertz CT molecular complexity index is 121. The van der Waals surface area contributed by atoms with Gasteiger partial charge in [-0.25, -0.2) is 4.79 Å². The Balaban J connectivity index is 2.39. The summed E-state index contributed by atoms with van der Waals surface area (Å²) in [5, 5.41) is 8.41. The number of carbonyl (C=O) groups is 1. The van der Waals surface area contributed by atoms with Crippen molar-refractivity contribution in [2.45, 2.75) is 19.4 Å². The van der Waals surface area contributed by atoms with Crippen LogP contribution in [0.2, 0.25) is 0 Å². The summed E-state index contributed by atoms with van der Waals surface area (Å²) in [6.45, 7) is 2.58. The maximum Gasteiger partial charge on any atom is 0.332 e. The third-order valence-electron chi connectivity index (χ3n) is 1.47. The first-order valence-corrected chi connectivity index (χ1v) is 3.04. The predicted octanol–water partition coefficient (Wildman–Crippen LogP) is 0.496. The number of hydrogen-bond donors (Lipinski definition) is 1. The summed E-state index contributed by atoms with van der Waals surface area (Å²) in [7, 11) is 0. The molecule has 0 aromatic rings. The highest BCUT2D eigenvalue weighted by molar-refractivity contribution is 5.72. The topological polar surface area (TPSA) is 46.5 Å². The van der Waals surface area contributed by atoms with Crippen molar-refractivity contribution in [1.82, 2.24) is 0 Å². The van der Waals surface area contributed by atoms with Gasteiger partial charge in [0.1, 0.15) is 0 Å². The average molecular weight is 130 g/mol. The largest absolute Gasteiger partial charge is 0.479 e. The number of carboxylic acid groups (broad SMARTS) is 1. The van der Waals surface area contributed by atoms with E-state index in [9.17, 15) is 4.79 Å². The van der Waals surface area contributed by atoms with E-state index >= 15 is 0 Å². The van der Waals surface area contributed by atoms with E-state index in [-0.39, 0.29) is 0 Å². The van der Waals surface area contributed by atoms with Gasteiger partial charge in [0.2, 0.25) is 0 Å². The van der Waals surface area contributed by atoms with Crippen molar-refractivity contribution in [2.24, 2.45) is 5.92 Å². The van der Waals surface area contributed by atoms with Crippen LogP contribution in [0.5, 0.6) is 0 Å². The van der Waals surface area contributed by atoms with Gasteiger partial charge in [-0.2, -0.15) is 0 Å². The molecule has 1 aliphatic rings. The van der Waals surface area contributed by atoms with E-state index in [0.29, 0.717) is 18.9 Å². The number of carboxylic acids is 1. The summed E-state index contributed by atoms with van der Waals surface area (Å²) < 4.78 is 4.93. The molecule has 0 aliphatic carbocycles. The molecule has 1 heterocycles. The van der Waals surface area contributed by atoms with Gasteiger partial charge in [0.15, 0.2) is 6.10 Å². The van der Waals surface area contributed by atoms with Gasteiger partial charge >= 0.3 is 5.97 Å². The van der Waals surface area contributed by atoms with Crippen molar-refractivity contribution in [3.05, 3.63) is 0 Å². The molecule has 52 valence electrons. The number of hydrogen-bond acceptors (Lipinski definition) is 2. The lowest BCUT2D eigenvalue weighted by atomic mass is 10.1. The lowest BCUT2D eigenvalue weighted by Gasteiger charge is -1.99. The standard InChI is InChI=1S/C6H10O3/c1-4-2-5(6(7)8)9-3-4/h4-5H,2-3H2,1H3,(H,7,8)/t4-,5+/m0/s1. The van der Waals surface area contributed by atoms with Gasteiger partial charge in [0.25, 0.3) is 0 Å². The molecule has 1 rings (SSSR count). The Labute approximate surface area is 53.6 Å². The van der Waals surface area contributed by atoms with Crippen molar-refractivity contribution in [3.63, 3.8) is 0 Å². The van der Waals surface area contributed by atoms with E-state index in [1.807, 2.05) is 6.92 Å². The van der Waals surface area contributed by atoms with E-state index in [4.69, 9.17) is 9.84 Å². The first-order valence-electron chi connectivity index (χ1n) is 3.04. The van der Waals surface area contributed by atoms with Crippen molar-refractivity contribution < 1.29 is 14.6 Å². The van der Waals surface area contributed by atoms with Crippen molar-refractivity contribution in [3.8, 4) is 0 Å². The van der Waals surface area contributed by atoms with Crippen LogP contribution < -0.4 is 0 Å². The predicted molar refractivity (Wildman–Crippen MR) is 31.2 cm³/mol. The zero-order valence-corrected chi connectivity index (χ0v) is 5.33. The van der Waals surface area contributed by atoms with Gasteiger partial charge in [0, 0.05) is 0 Å². The number of ether oxygens (including phenoxy) is 1. The van der Waals surface area contributed by atoms with E-state index < -0.39 is 12.1 Å². The Morgan fingerprint density at radius 1 is 1.78 bits per heavy atom. The smallest absolute Gasteiger partial charge is 0.332 e. The zero-order chi connectivity index (χ0) is 6.85. The molecule has 0 unspecified atom stereocenters. The summed E-state index contributed by atoms with van der Waals surface area (Å²) in [6.07, 6.45) is 0.120. The highest BCUT2D eigenvalue weighted by atomic mass is 16.5. The summed E-state index contributed by atoms with van der Waals surface area (Å²) >= 11 is 0. The summed E-state index contributed by atoms with van der Waals surface area (Å²) in [4.78, 5) is 10.2. The third-order valence-corrected chi connectivity index (χ3v) is 1.47. The van der Waals surface area contributed by atoms with Crippen LogP contribution in [0.15, 0.2) is 0 Å². The molecule has 0 bridgehead atoms. The molecular weight excluding hydrogens is 120 g/mol. The average Bonchev–Trinajstić information content (AvgIpc) is 2.14. The quantitative estimate of drug-likeness (QED) is 0.562. The van der Waals surface area contributed by atoms with Crippen LogP contribution in [0, 0.1) is 5.92 Å². The summed E-state index contributed by atoms with van der Waals surface area (Å²) in [6, 6.07) is 0. The van der Waals surface area contributed by atoms with Gasteiger partial charge in [-0.15, -0.1) is 0 Å². The van der Waals surface area contributed by atoms with Crippen LogP contribution >= 0.6 is 0 Å². The second-order valence-corrected chi connectivity index (χ2v) is 2.50. The van der Waals surface area contributed by atoms with Crippen LogP contribution in [0.1, 0.15) is 13.3 Å². The molecule has 3 nitrogen and oxygen atoms in total. The lowest BCUT2D eigenvalue weighted by molar-refractivity contribution is -0.147. The van der Waals surface area contributed by atoms with Crippen LogP contribution in [0.4, 0.5) is 0 Å². The molecule has 0 spiro atoms. The molecule has 3 heteroatoms. The van der Waals surface area contributed by atoms with Gasteiger partial charge in [-0.05, 0) is 12.3 Å². The van der Waals surface area contributed by atoms with Gasteiger partial charge in [-0.1, -0.05) is 6.92 Å². The van der Waals surface area contributed by atoms with Crippen LogP contribution in [-0.4, -0.2) is 23.8 Å². The van der Waals surface area contributed by atoms with E-state index in [1.165, 1.54) is 0 Å². The van der Waals surface area contributed by atoms with Gasteiger partial charge < -0.3 is 9.84 Å². The van der Waals surface area contributed by atoms with Crippen LogP contribution in [0.3, 0.4) is 0 Å². The van der Waals surface area contributed by atoms with Gasteiger partial charge in [0.05, 0.1) is 6.61 Å². The Hall–Kier alpha value is -0.570. The van der Waals surface area contributed by atoms with Crippen LogP contribution in [0.25, 0.3) is 0 Å². The van der Waals surface area contributed by atoms with E-state index in [2.05, 4.69) is 0 Å². The van der Waals surface area contributed by atoms with E-state index in [0.717, 1.165) is 0 Å². The third kappa shape index (κ3) is 1.42. The molecule has 1 saturated heterocycles. The molecule has 0 amide bonds. The summed E-state index contributed by atoms with van der Waals surface area (Å²) in [5.74, 6) is -0.426. The Morgan fingerprint density at radius 2 is 2.44 bits per heavy atom. The first kappa shape index (κ1) is 6.55. The van der Waals surface area contributed by atoms with Crippen molar-refractivity contribution >= 4 is 5.97 Å². The van der Waals surface area contributed by atoms with E-state index in [1.54, 1.807) is 0 Å². The fourth-order valence-electron chi connectivity index (χ4n) is 0.954. The van der Waals surface area contributed by atoms with Crippen molar-refractivity contribution in [1.29, 1.82) is 0 Å². The lowest BCUT2D eigenvalue weighted by Crippen LogP contribution is -2.17. The maximum absolute atomic E-state index is 10.2. The molecular formula is C6H10O3. The maximum atomic E-state index is 10.2. The van der Waals surface area contributed by atoms with Crippen molar-refractivity contribution in [2.75, 3.05) is 6.61 Å². The number of aliphatic carboxylic acids is 1. The monoisotopic (exact) mass is 130 g/mol. The fraction of sp³-hybridized carbons (Fsp3) is 0.833. The molecule has 1 N–H and O–H groups in total. The second-order valence-electron chi connectivity index (χ2n) is 2.50. The highest BCUT2D eigenvalue weighted by Crippen LogP contribution is 2.18. The Morgan fingerprint density at radius 3 is 2.67 bits per heavy atom. The molecule has 0 radical (unpaired) electrons. The molecule has 0 saturated carbocycles. The molecule has 0 aromatic heterocycles.